The smallest absolute Gasteiger partial charge is 0.329 e. The maximum Gasteiger partial charge on any atom is 0.329 e. The van der Waals surface area contributed by atoms with E-state index in [1.54, 1.807) is 18.2 Å². The van der Waals surface area contributed by atoms with Crippen molar-refractivity contribution in [2.75, 3.05) is 13.7 Å². The molecule has 1 aliphatic rings. The van der Waals surface area contributed by atoms with Gasteiger partial charge in [0.05, 0.1) is 36.6 Å². The standard InChI is InChI=1S/C30H25F5N4O5/c1-37(29(36)42)20(40)12-16-9-10-18(28(41)15-6-3-2-4-7-15)27-26(16)39(30(43)38(27)13-17-8-5-11-44-17)14-19-21(31)23(33)25(35)24(34)22(19)32/h2-4,6-7,9-10,17H,5,8,11-14H2,1H3,(H2,36,42). The molecule has 14 heteroatoms. The highest BCUT2D eigenvalue weighted by atomic mass is 19.2. The first-order valence-electron chi connectivity index (χ1n) is 13.4. The number of nitrogens with zero attached hydrogens (tertiary/aromatic N) is 3. The number of urea groups is 1. The highest BCUT2D eigenvalue weighted by molar-refractivity contribution is 6.16. The third kappa shape index (κ3) is 5.36. The molecule has 5 rings (SSSR count). The third-order valence-electron chi connectivity index (χ3n) is 7.59. The number of ether oxygens (including phenoxy) is 1. The molecule has 2 heterocycles. The van der Waals surface area contributed by atoms with Crippen LogP contribution >= 0.6 is 0 Å². The number of aromatic nitrogens is 2. The van der Waals surface area contributed by atoms with Gasteiger partial charge in [0.1, 0.15) is 0 Å². The first-order valence-corrected chi connectivity index (χ1v) is 13.4. The van der Waals surface area contributed by atoms with Crippen molar-refractivity contribution in [1.29, 1.82) is 0 Å². The first kappa shape index (κ1) is 30.6. The lowest BCUT2D eigenvalue weighted by Gasteiger charge is -2.16. The maximum absolute atomic E-state index is 14.9. The Kier molecular flexibility index (Phi) is 8.37. The van der Waals surface area contributed by atoms with Gasteiger partial charge < -0.3 is 10.5 Å². The van der Waals surface area contributed by atoms with Gasteiger partial charge in [0.25, 0.3) is 0 Å². The SMILES string of the molecule is CN(C(N)=O)C(=O)Cc1ccc(C(=O)c2ccccc2)c2c1n(Cc1c(F)c(F)c(F)c(F)c1F)c(=O)n2CC1CCCO1. The van der Waals surface area contributed by atoms with Crippen molar-refractivity contribution in [2.24, 2.45) is 5.73 Å². The van der Waals surface area contributed by atoms with E-state index in [1.165, 1.54) is 24.3 Å². The van der Waals surface area contributed by atoms with E-state index in [9.17, 15) is 41.1 Å². The van der Waals surface area contributed by atoms with Crippen LogP contribution in [0.5, 0.6) is 0 Å². The van der Waals surface area contributed by atoms with E-state index in [0.717, 1.165) is 16.2 Å². The molecule has 1 atom stereocenters. The van der Waals surface area contributed by atoms with Gasteiger partial charge in [-0.3, -0.25) is 23.6 Å². The monoisotopic (exact) mass is 616 g/mol. The van der Waals surface area contributed by atoms with Gasteiger partial charge >= 0.3 is 11.7 Å². The van der Waals surface area contributed by atoms with Gasteiger partial charge in [0, 0.05) is 30.3 Å². The van der Waals surface area contributed by atoms with E-state index in [1.807, 2.05) is 0 Å². The minimum atomic E-state index is -2.37. The summed E-state index contributed by atoms with van der Waals surface area (Å²) in [6, 6.07) is 9.57. The number of imidazole rings is 1. The van der Waals surface area contributed by atoms with Gasteiger partial charge in [0.2, 0.25) is 11.7 Å². The number of nitrogens with two attached hydrogens (primary N) is 1. The Morgan fingerprint density at radius 1 is 0.909 bits per heavy atom. The fourth-order valence-corrected chi connectivity index (χ4v) is 5.26. The summed E-state index contributed by atoms with van der Waals surface area (Å²) in [6.07, 6.45) is 0.153. The molecule has 1 saturated heterocycles. The summed E-state index contributed by atoms with van der Waals surface area (Å²) in [6.45, 7) is -0.861. The van der Waals surface area contributed by atoms with E-state index in [2.05, 4.69) is 0 Å². The molecule has 44 heavy (non-hydrogen) atoms. The normalized spacial score (nSPS) is 14.7. The Labute approximate surface area is 246 Å². The maximum atomic E-state index is 14.9. The number of imide groups is 1. The summed E-state index contributed by atoms with van der Waals surface area (Å²) in [5, 5.41) is 0. The van der Waals surface area contributed by atoms with Crippen LogP contribution in [-0.2, 0) is 29.0 Å². The summed E-state index contributed by atoms with van der Waals surface area (Å²) >= 11 is 0. The molecule has 1 aromatic heterocycles. The zero-order valence-electron chi connectivity index (χ0n) is 23.2. The van der Waals surface area contributed by atoms with Gasteiger partial charge in [-0.25, -0.2) is 31.5 Å². The number of hydrogen-bond acceptors (Lipinski definition) is 5. The van der Waals surface area contributed by atoms with Crippen molar-refractivity contribution in [1.82, 2.24) is 14.0 Å². The molecule has 1 unspecified atom stereocenters. The Hall–Kier alpha value is -4.85. The van der Waals surface area contributed by atoms with Crippen LogP contribution in [0, 0.1) is 29.1 Å². The number of halogens is 5. The Morgan fingerprint density at radius 3 is 2.14 bits per heavy atom. The van der Waals surface area contributed by atoms with Crippen molar-refractivity contribution in [2.45, 2.75) is 38.5 Å². The second-order valence-corrected chi connectivity index (χ2v) is 10.3. The quantitative estimate of drug-likeness (QED) is 0.139. The Balaban J connectivity index is 1.82. The van der Waals surface area contributed by atoms with Crippen LogP contribution in [0.2, 0.25) is 0 Å². The van der Waals surface area contributed by atoms with Crippen molar-refractivity contribution >= 4 is 28.8 Å². The molecule has 3 aromatic carbocycles. The molecule has 0 aliphatic carbocycles. The van der Waals surface area contributed by atoms with E-state index < -0.39 is 77.1 Å². The number of likely N-dealkylation sites (N-methyl/N-ethyl adjacent to an activating group) is 1. The van der Waals surface area contributed by atoms with Gasteiger partial charge in [0.15, 0.2) is 29.1 Å². The number of ketones is 1. The number of amides is 3. The molecule has 0 saturated carbocycles. The third-order valence-corrected chi connectivity index (χ3v) is 7.59. The zero-order valence-corrected chi connectivity index (χ0v) is 23.2. The van der Waals surface area contributed by atoms with Gasteiger partial charge in [-0.15, -0.1) is 0 Å². The second kappa shape index (κ2) is 12.0. The molecule has 0 spiro atoms. The minimum absolute atomic E-state index is 0.0229. The molecule has 9 nitrogen and oxygen atoms in total. The van der Waals surface area contributed by atoms with Crippen molar-refractivity contribution in [3.05, 3.63) is 104 Å². The van der Waals surface area contributed by atoms with Crippen LogP contribution < -0.4 is 11.4 Å². The van der Waals surface area contributed by atoms with E-state index in [4.69, 9.17) is 10.5 Å². The van der Waals surface area contributed by atoms with Crippen molar-refractivity contribution < 1.29 is 41.1 Å². The van der Waals surface area contributed by atoms with Gasteiger partial charge in [-0.2, -0.15) is 0 Å². The summed E-state index contributed by atoms with van der Waals surface area (Å²) in [7, 11) is 1.11. The molecular formula is C30H25F5N4O5. The van der Waals surface area contributed by atoms with E-state index >= 15 is 0 Å². The molecule has 1 aliphatic heterocycles. The van der Waals surface area contributed by atoms with Gasteiger partial charge in [-0.1, -0.05) is 36.4 Å². The van der Waals surface area contributed by atoms with E-state index in [-0.39, 0.29) is 34.3 Å². The summed E-state index contributed by atoms with van der Waals surface area (Å²) < 4.78 is 79.4. The Bertz CT molecular complexity index is 1840. The molecule has 2 N–H and O–H groups in total. The molecule has 4 aromatic rings. The predicted octanol–water partition coefficient (Wildman–Crippen LogP) is 4.04. The fraction of sp³-hybridized carbons (Fsp3) is 0.267. The topological polar surface area (TPSA) is 117 Å². The van der Waals surface area contributed by atoms with Gasteiger partial charge in [-0.05, 0) is 24.5 Å². The lowest BCUT2D eigenvalue weighted by Crippen LogP contribution is -2.38. The zero-order chi connectivity index (χ0) is 31.9. The number of benzene rings is 3. The summed E-state index contributed by atoms with van der Waals surface area (Å²) in [4.78, 5) is 52.9. The number of primary amides is 1. The number of carbonyl (C=O) groups is 3. The summed E-state index contributed by atoms with van der Waals surface area (Å²) in [5.41, 5.74) is 2.97. The number of fused-ring (bicyclic) bond motifs is 1. The first-order chi connectivity index (χ1) is 20.9. The molecule has 0 radical (unpaired) electrons. The van der Waals surface area contributed by atoms with Crippen LogP contribution in [0.1, 0.15) is 39.9 Å². The summed E-state index contributed by atoms with van der Waals surface area (Å²) in [5.74, 6) is -12.4. The number of hydrogen-bond donors (Lipinski definition) is 1. The minimum Gasteiger partial charge on any atom is -0.376 e. The highest BCUT2D eigenvalue weighted by Gasteiger charge is 2.31. The van der Waals surface area contributed by atoms with Crippen LogP contribution in [-0.4, -0.2) is 51.5 Å². The lowest BCUT2D eigenvalue weighted by molar-refractivity contribution is -0.126. The van der Waals surface area contributed by atoms with Crippen LogP contribution in [0.4, 0.5) is 26.7 Å². The predicted molar refractivity (Wildman–Crippen MR) is 146 cm³/mol. The molecule has 0 bridgehead atoms. The average molecular weight is 617 g/mol. The fourth-order valence-electron chi connectivity index (χ4n) is 5.26. The van der Waals surface area contributed by atoms with Crippen molar-refractivity contribution in [3.63, 3.8) is 0 Å². The second-order valence-electron chi connectivity index (χ2n) is 10.3. The molecule has 230 valence electrons. The lowest BCUT2D eigenvalue weighted by atomic mass is 9.98. The average Bonchev–Trinajstić information content (AvgIpc) is 3.63. The largest absolute Gasteiger partial charge is 0.376 e. The van der Waals surface area contributed by atoms with E-state index in [0.29, 0.717) is 24.3 Å². The van der Waals surface area contributed by atoms with Crippen LogP contribution in [0.3, 0.4) is 0 Å². The molecule has 3 amide bonds. The van der Waals surface area contributed by atoms with Crippen LogP contribution in [0.25, 0.3) is 11.0 Å². The van der Waals surface area contributed by atoms with Crippen LogP contribution in [0.15, 0.2) is 47.3 Å². The molecular weight excluding hydrogens is 591 g/mol. The highest BCUT2D eigenvalue weighted by Crippen LogP contribution is 2.30. The molecule has 1 fully saturated rings. The number of rotatable bonds is 8. The Morgan fingerprint density at radius 2 is 1.55 bits per heavy atom. The number of carbonyl (C=O) groups excluding carboxylic acids is 3. The van der Waals surface area contributed by atoms with Crippen molar-refractivity contribution in [3.8, 4) is 0 Å².